The summed E-state index contributed by atoms with van der Waals surface area (Å²) in [6.07, 6.45) is 0. The van der Waals surface area contributed by atoms with Crippen LogP contribution in [0.5, 0.6) is 0 Å². The van der Waals surface area contributed by atoms with Gasteiger partial charge in [-0.05, 0) is 24.3 Å². The fraction of sp³-hybridized carbons (Fsp3) is 0.0667. The van der Waals surface area contributed by atoms with E-state index in [0.29, 0.717) is 12.4 Å². The van der Waals surface area contributed by atoms with Gasteiger partial charge in [-0.1, -0.05) is 50.1 Å². The minimum atomic E-state index is 0.406. The van der Waals surface area contributed by atoms with E-state index in [2.05, 4.69) is 41.8 Å². The second-order valence-electron chi connectivity index (χ2n) is 4.41. The van der Waals surface area contributed by atoms with Gasteiger partial charge in [-0.25, -0.2) is 4.99 Å². The number of halogens is 2. The lowest BCUT2D eigenvalue weighted by Crippen LogP contribution is -2.15. The molecule has 100 valence electrons. The van der Waals surface area contributed by atoms with E-state index in [-0.39, 0.29) is 0 Å². The first-order chi connectivity index (χ1) is 9.65. The van der Waals surface area contributed by atoms with Crippen molar-refractivity contribution in [3.63, 3.8) is 0 Å². The molecule has 1 heterocycles. The Morgan fingerprint density at radius 1 is 1.00 bits per heavy atom. The number of amidine groups is 1. The fourth-order valence-corrected chi connectivity index (χ4v) is 2.95. The van der Waals surface area contributed by atoms with E-state index in [1.165, 1.54) is 0 Å². The Morgan fingerprint density at radius 3 is 2.60 bits per heavy atom. The van der Waals surface area contributed by atoms with Crippen LogP contribution in [0.25, 0.3) is 0 Å². The summed E-state index contributed by atoms with van der Waals surface area (Å²) < 4.78 is 2.00. The minimum Gasteiger partial charge on any atom is -0.386 e. The molecule has 1 aliphatic rings. The zero-order valence-electron chi connectivity index (χ0n) is 10.5. The van der Waals surface area contributed by atoms with Crippen molar-refractivity contribution in [2.24, 2.45) is 15.7 Å². The Balaban J connectivity index is 2.24. The van der Waals surface area contributed by atoms with Crippen molar-refractivity contribution in [2.45, 2.75) is 0 Å². The molecule has 20 heavy (non-hydrogen) atoms. The van der Waals surface area contributed by atoms with Gasteiger partial charge in [-0.2, -0.15) is 0 Å². The third kappa shape index (κ3) is 2.55. The maximum absolute atomic E-state index is 5.89. The highest BCUT2D eigenvalue weighted by Crippen LogP contribution is 2.30. The van der Waals surface area contributed by atoms with Gasteiger partial charge in [0.05, 0.1) is 17.9 Å². The SMILES string of the molecule is NC1=Nc2ccc(Br)cc2C(c2ccccc2Br)=NC1. The van der Waals surface area contributed by atoms with Crippen LogP contribution in [0, 0.1) is 0 Å². The third-order valence-corrected chi connectivity index (χ3v) is 4.19. The Hall–Kier alpha value is -1.46. The standard InChI is InChI=1S/C15H11Br2N3/c16-9-5-6-13-11(7-9)15(19-8-14(18)20-13)10-3-1-2-4-12(10)17/h1-7H,8H2,(H2,18,20). The minimum absolute atomic E-state index is 0.406. The number of hydrogen-bond acceptors (Lipinski definition) is 3. The van der Waals surface area contributed by atoms with Crippen LogP contribution in [0.15, 0.2) is 61.4 Å². The largest absolute Gasteiger partial charge is 0.386 e. The normalized spacial score (nSPS) is 14.1. The molecular weight excluding hydrogens is 382 g/mol. The van der Waals surface area contributed by atoms with E-state index >= 15 is 0 Å². The molecule has 0 spiro atoms. The molecule has 2 aromatic carbocycles. The van der Waals surface area contributed by atoms with E-state index in [4.69, 9.17) is 5.73 Å². The summed E-state index contributed by atoms with van der Waals surface area (Å²) in [5, 5.41) is 0. The molecule has 0 aromatic heterocycles. The van der Waals surface area contributed by atoms with Crippen molar-refractivity contribution < 1.29 is 0 Å². The molecule has 0 amide bonds. The number of rotatable bonds is 1. The van der Waals surface area contributed by atoms with Crippen molar-refractivity contribution in [2.75, 3.05) is 6.54 Å². The molecular formula is C15H11Br2N3. The summed E-state index contributed by atoms with van der Waals surface area (Å²) in [6.45, 7) is 0.406. The molecule has 0 atom stereocenters. The van der Waals surface area contributed by atoms with Gasteiger partial charge in [0.2, 0.25) is 0 Å². The molecule has 5 heteroatoms. The van der Waals surface area contributed by atoms with Crippen molar-refractivity contribution in [1.82, 2.24) is 0 Å². The number of fused-ring (bicyclic) bond motifs is 1. The highest BCUT2D eigenvalue weighted by atomic mass is 79.9. The maximum atomic E-state index is 5.89. The molecule has 0 aliphatic carbocycles. The molecule has 2 N–H and O–H groups in total. The molecule has 3 nitrogen and oxygen atoms in total. The molecule has 0 fully saturated rings. The average Bonchev–Trinajstić information content (AvgIpc) is 2.58. The van der Waals surface area contributed by atoms with E-state index < -0.39 is 0 Å². The van der Waals surface area contributed by atoms with Crippen LogP contribution in [0.4, 0.5) is 5.69 Å². The van der Waals surface area contributed by atoms with Crippen LogP contribution in [0.1, 0.15) is 11.1 Å². The van der Waals surface area contributed by atoms with Crippen molar-refractivity contribution in [3.8, 4) is 0 Å². The lowest BCUT2D eigenvalue weighted by Gasteiger charge is -2.10. The Morgan fingerprint density at radius 2 is 1.80 bits per heavy atom. The summed E-state index contributed by atoms with van der Waals surface area (Å²) in [5.41, 5.74) is 9.65. The van der Waals surface area contributed by atoms with E-state index in [1.54, 1.807) is 0 Å². The summed E-state index contributed by atoms with van der Waals surface area (Å²) in [4.78, 5) is 9.06. The molecule has 0 bridgehead atoms. The van der Waals surface area contributed by atoms with E-state index in [9.17, 15) is 0 Å². The second kappa shape index (κ2) is 5.50. The van der Waals surface area contributed by atoms with Crippen LogP contribution in [0.3, 0.4) is 0 Å². The lowest BCUT2D eigenvalue weighted by molar-refractivity contribution is 1.26. The van der Waals surface area contributed by atoms with Crippen LogP contribution in [0.2, 0.25) is 0 Å². The molecule has 1 aliphatic heterocycles. The van der Waals surface area contributed by atoms with Crippen LogP contribution in [-0.4, -0.2) is 18.1 Å². The molecule has 0 unspecified atom stereocenters. The van der Waals surface area contributed by atoms with Gasteiger partial charge in [0.1, 0.15) is 5.84 Å². The molecule has 0 radical (unpaired) electrons. The number of hydrogen-bond donors (Lipinski definition) is 1. The molecule has 3 rings (SSSR count). The van der Waals surface area contributed by atoms with Gasteiger partial charge >= 0.3 is 0 Å². The predicted octanol–water partition coefficient (Wildman–Crippen LogP) is 4.05. The van der Waals surface area contributed by atoms with Gasteiger partial charge in [-0.3, -0.25) is 4.99 Å². The van der Waals surface area contributed by atoms with Gasteiger partial charge in [-0.15, -0.1) is 0 Å². The Kier molecular flexibility index (Phi) is 3.72. The summed E-state index contributed by atoms with van der Waals surface area (Å²) >= 11 is 7.08. The lowest BCUT2D eigenvalue weighted by atomic mass is 10.0. The first-order valence-corrected chi connectivity index (χ1v) is 7.66. The van der Waals surface area contributed by atoms with Gasteiger partial charge in [0.25, 0.3) is 0 Å². The zero-order chi connectivity index (χ0) is 14.1. The number of aliphatic imine (C=N–C) groups is 2. The average molecular weight is 393 g/mol. The summed E-state index contributed by atoms with van der Waals surface area (Å²) in [5.74, 6) is 0.524. The maximum Gasteiger partial charge on any atom is 0.121 e. The summed E-state index contributed by atoms with van der Waals surface area (Å²) in [7, 11) is 0. The smallest absolute Gasteiger partial charge is 0.121 e. The van der Waals surface area contributed by atoms with Gasteiger partial charge < -0.3 is 5.73 Å². The predicted molar refractivity (Wildman–Crippen MR) is 90.1 cm³/mol. The van der Waals surface area contributed by atoms with Crippen LogP contribution >= 0.6 is 31.9 Å². The first kappa shape index (κ1) is 13.5. The van der Waals surface area contributed by atoms with Crippen molar-refractivity contribution in [3.05, 3.63) is 62.5 Å². The number of nitrogens with zero attached hydrogens (tertiary/aromatic N) is 2. The molecule has 0 saturated heterocycles. The highest BCUT2D eigenvalue weighted by molar-refractivity contribution is 9.10. The number of benzene rings is 2. The summed E-state index contributed by atoms with van der Waals surface area (Å²) in [6, 6.07) is 13.9. The molecule has 2 aromatic rings. The van der Waals surface area contributed by atoms with Gasteiger partial charge in [0, 0.05) is 20.1 Å². The quantitative estimate of drug-likeness (QED) is 0.781. The fourth-order valence-electron chi connectivity index (χ4n) is 2.11. The van der Waals surface area contributed by atoms with Crippen LogP contribution in [-0.2, 0) is 0 Å². The molecule has 0 saturated carbocycles. The monoisotopic (exact) mass is 391 g/mol. The van der Waals surface area contributed by atoms with Crippen molar-refractivity contribution >= 4 is 49.1 Å². The van der Waals surface area contributed by atoms with Crippen molar-refractivity contribution in [1.29, 1.82) is 0 Å². The second-order valence-corrected chi connectivity index (χ2v) is 6.18. The Labute approximate surface area is 133 Å². The van der Waals surface area contributed by atoms with Gasteiger partial charge in [0.15, 0.2) is 0 Å². The topological polar surface area (TPSA) is 50.7 Å². The third-order valence-electron chi connectivity index (χ3n) is 3.01. The van der Waals surface area contributed by atoms with E-state index in [0.717, 1.165) is 31.5 Å². The highest BCUT2D eigenvalue weighted by Gasteiger charge is 2.17. The zero-order valence-corrected chi connectivity index (χ0v) is 13.6. The van der Waals surface area contributed by atoms with Crippen LogP contribution < -0.4 is 5.73 Å². The van der Waals surface area contributed by atoms with E-state index in [1.807, 2.05) is 42.5 Å². The number of nitrogens with two attached hydrogens (primary N) is 1. The Bertz CT molecular complexity index is 736. The first-order valence-electron chi connectivity index (χ1n) is 6.07.